The zero-order valence-electron chi connectivity index (χ0n) is 10.8. The maximum absolute atomic E-state index is 10.7. The van der Waals surface area contributed by atoms with Gasteiger partial charge in [-0.15, -0.1) is 0 Å². The van der Waals surface area contributed by atoms with Crippen molar-refractivity contribution in [3.63, 3.8) is 0 Å². The zero-order chi connectivity index (χ0) is 13.4. The molecule has 1 aromatic heterocycles. The number of rotatable bonds is 8. The van der Waals surface area contributed by atoms with Crippen LogP contribution in [0.15, 0.2) is 18.3 Å². The van der Waals surface area contributed by atoms with Crippen molar-refractivity contribution in [3.8, 4) is 5.88 Å². The summed E-state index contributed by atoms with van der Waals surface area (Å²) in [4.78, 5) is 16.4. The summed E-state index contributed by atoms with van der Waals surface area (Å²) in [7, 11) is 0. The highest BCUT2D eigenvalue weighted by atomic mass is 16.6. The minimum atomic E-state index is -0.479. The lowest BCUT2D eigenvalue weighted by atomic mass is 10.4. The highest BCUT2D eigenvalue weighted by Gasteiger charge is 2.15. The molecule has 6 heteroatoms. The zero-order valence-corrected chi connectivity index (χ0v) is 10.8. The first-order valence-corrected chi connectivity index (χ1v) is 6.13. The van der Waals surface area contributed by atoms with Gasteiger partial charge in [0.1, 0.15) is 0 Å². The Morgan fingerprint density at radius 1 is 1.44 bits per heavy atom. The van der Waals surface area contributed by atoms with Crippen LogP contribution >= 0.6 is 0 Å². The second-order valence-electron chi connectivity index (χ2n) is 3.81. The minimum Gasteiger partial charge on any atom is -0.473 e. The second kappa shape index (κ2) is 7.60. The first-order valence-electron chi connectivity index (χ1n) is 6.13. The summed E-state index contributed by atoms with van der Waals surface area (Å²) in [6, 6.07) is 2.92. The van der Waals surface area contributed by atoms with Crippen molar-refractivity contribution in [3.05, 3.63) is 28.4 Å². The van der Waals surface area contributed by atoms with Crippen LogP contribution in [0.2, 0.25) is 0 Å². The van der Waals surface area contributed by atoms with Gasteiger partial charge in [-0.3, -0.25) is 10.1 Å². The van der Waals surface area contributed by atoms with Gasteiger partial charge in [-0.25, -0.2) is 4.98 Å². The molecule has 0 saturated heterocycles. The van der Waals surface area contributed by atoms with Crippen LogP contribution in [0, 0.1) is 10.1 Å². The van der Waals surface area contributed by atoms with Gasteiger partial charge >= 0.3 is 5.69 Å². The quantitative estimate of drug-likeness (QED) is 0.403. The maximum Gasteiger partial charge on any atom is 0.330 e. The molecule has 0 radical (unpaired) electrons. The van der Waals surface area contributed by atoms with E-state index in [9.17, 15) is 10.1 Å². The highest BCUT2D eigenvalue weighted by molar-refractivity contribution is 5.39. The van der Waals surface area contributed by atoms with Crippen LogP contribution in [0.1, 0.15) is 20.3 Å². The summed E-state index contributed by atoms with van der Waals surface area (Å²) < 4.78 is 5.36. The average Bonchev–Trinajstić information content (AvgIpc) is 2.39. The van der Waals surface area contributed by atoms with E-state index in [1.54, 1.807) is 0 Å². The summed E-state index contributed by atoms with van der Waals surface area (Å²) in [6.07, 6.45) is 2.32. The number of aromatic nitrogens is 1. The Labute approximate surface area is 107 Å². The van der Waals surface area contributed by atoms with Crippen LogP contribution in [-0.2, 0) is 0 Å². The molecule has 0 fully saturated rings. The van der Waals surface area contributed by atoms with Gasteiger partial charge in [0.05, 0.1) is 11.5 Å². The highest BCUT2D eigenvalue weighted by Crippen LogP contribution is 2.22. The van der Waals surface area contributed by atoms with Gasteiger partial charge in [-0.2, -0.15) is 0 Å². The van der Waals surface area contributed by atoms with Crippen molar-refractivity contribution in [2.75, 3.05) is 26.2 Å². The number of nitro groups is 1. The molecular weight excluding hydrogens is 234 g/mol. The molecule has 1 heterocycles. The number of pyridine rings is 1. The van der Waals surface area contributed by atoms with Gasteiger partial charge in [0.2, 0.25) is 0 Å². The molecule has 6 nitrogen and oxygen atoms in total. The van der Waals surface area contributed by atoms with Gasteiger partial charge in [0, 0.05) is 18.8 Å². The van der Waals surface area contributed by atoms with Crippen LogP contribution in [0.3, 0.4) is 0 Å². The summed E-state index contributed by atoms with van der Waals surface area (Å²) in [5.41, 5.74) is -0.0830. The van der Waals surface area contributed by atoms with E-state index in [1.807, 2.05) is 0 Å². The van der Waals surface area contributed by atoms with Crippen LogP contribution in [0.25, 0.3) is 0 Å². The lowest BCUT2D eigenvalue weighted by molar-refractivity contribution is -0.386. The Balaban J connectivity index is 2.42. The van der Waals surface area contributed by atoms with Crippen molar-refractivity contribution in [1.82, 2.24) is 9.88 Å². The summed E-state index contributed by atoms with van der Waals surface area (Å²) in [5.74, 6) is 0.0991. The molecule has 0 saturated carbocycles. The van der Waals surface area contributed by atoms with Crippen molar-refractivity contribution in [2.24, 2.45) is 0 Å². The van der Waals surface area contributed by atoms with Crippen LogP contribution in [0.5, 0.6) is 5.88 Å². The van der Waals surface area contributed by atoms with Crippen molar-refractivity contribution in [2.45, 2.75) is 20.3 Å². The van der Waals surface area contributed by atoms with Gasteiger partial charge < -0.3 is 9.64 Å². The first kappa shape index (κ1) is 14.4. The maximum atomic E-state index is 10.7. The monoisotopic (exact) mass is 253 g/mol. The van der Waals surface area contributed by atoms with Crippen LogP contribution in [-0.4, -0.2) is 41.0 Å². The lowest BCUT2D eigenvalue weighted by Gasteiger charge is -2.17. The molecule has 1 rings (SSSR count). The fourth-order valence-corrected chi connectivity index (χ4v) is 1.63. The smallest absolute Gasteiger partial charge is 0.330 e. The van der Waals surface area contributed by atoms with E-state index < -0.39 is 4.92 Å². The normalized spacial score (nSPS) is 10.6. The average molecular weight is 253 g/mol. The largest absolute Gasteiger partial charge is 0.473 e. The first-order chi connectivity index (χ1) is 8.69. The summed E-state index contributed by atoms with van der Waals surface area (Å²) in [5, 5.41) is 10.7. The summed E-state index contributed by atoms with van der Waals surface area (Å²) >= 11 is 0. The molecular formula is C12H19N3O3. The van der Waals surface area contributed by atoms with E-state index in [4.69, 9.17) is 4.74 Å². The summed E-state index contributed by atoms with van der Waals surface area (Å²) in [6.45, 7) is 7.57. The molecule has 0 aliphatic heterocycles. The molecule has 100 valence electrons. The third-order valence-electron chi connectivity index (χ3n) is 2.70. The molecule has 0 spiro atoms. The minimum absolute atomic E-state index is 0.0830. The van der Waals surface area contributed by atoms with E-state index in [-0.39, 0.29) is 11.6 Å². The SMILES string of the molecule is CCN(CC)CCCOc1ncccc1[N+](=O)[O-]. The molecule has 0 aliphatic carbocycles. The van der Waals surface area contributed by atoms with E-state index in [2.05, 4.69) is 23.7 Å². The molecule has 1 aromatic rings. The Morgan fingerprint density at radius 2 is 2.17 bits per heavy atom. The number of hydrogen-bond donors (Lipinski definition) is 0. The molecule has 0 unspecified atom stereocenters. The predicted octanol–water partition coefficient (Wildman–Crippen LogP) is 2.10. The number of nitrogens with zero attached hydrogens (tertiary/aromatic N) is 3. The molecule has 18 heavy (non-hydrogen) atoms. The third-order valence-corrected chi connectivity index (χ3v) is 2.70. The van der Waals surface area contributed by atoms with E-state index in [1.165, 1.54) is 18.3 Å². The molecule has 0 atom stereocenters. The fraction of sp³-hybridized carbons (Fsp3) is 0.583. The Morgan fingerprint density at radius 3 is 2.78 bits per heavy atom. The predicted molar refractivity (Wildman–Crippen MR) is 68.8 cm³/mol. The Kier molecular flexibility index (Phi) is 6.07. The second-order valence-corrected chi connectivity index (χ2v) is 3.81. The number of ether oxygens (including phenoxy) is 1. The Bertz CT molecular complexity index is 381. The van der Waals surface area contributed by atoms with E-state index in [0.29, 0.717) is 6.61 Å². The van der Waals surface area contributed by atoms with Gasteiger partial charge in [-0.05, 0) is 25.6 Å². The molecule has 0 bridgehead atoms. The van der Waals surface area contributed by atoms with E-state index >= 15 is 0 Å². The van der Waals surface area contributed by atoms with Crippen molar-refractivity contribution < 1.29 is 9.66 Å². The third kappa shape index (κ3) is 4.29. The molecule has 0 amide bonds. The molecule has 0 N–H and O–H groups in total. The lowest BCUT2D eigenvalue weighted by Crippen LogP contribution is -2.25. The van der Waals surface area contributed by atoms with Gasteiger partial charge in [0.25, 0.3) is 5.88 Å². The topological polar surface area (TPSA) is 68.5 Å². The van der Waals surface area contributed by atoms with Gasteiger partial charge in [0.15, 0.2) is 0 Å². The van der Waals surface area contributed by atoms with Crippen LogP contribution in [0.4, 0.5) is 5.69 Å². The fourth-order valence-electron chi connectivity index (χ4n) is 1.63. The Hall–Kier alpha value is -1.69. The standard InChI is InChI=1S/C12H19N3O3/c1-3-14(4-2)9-6-10-18-12-11(15(16)17)7-5-8-13-12/h5,7-8H,3-4,6,9-10H2,1-2H3. The van der Waals surface area contributed by atoms with Crippen molar-refractivity contribution in [1.29, 1.82) is 0 Å². The van der Waals surface area contributed by atoms with Crippen LogP contribution < -0.4 is 4.74 Å². The van der Waals surface area contributed by atoms with Gasteiger partial charge in [-0.1, -0.05) is 13.8 Å². The molecule has 0 aromatic carbocycles. The molecule has 0 aliphatic rings. The van der Waals surface area contributed by atoms with Crippen molar-refractivity contribution >= 4 is 5.69 Å². The van der Waals surface area contributed by atoms with E-state index in [0.717, 1.165) is 26.1 Å². The number of hydrogen-bond acceptors (Lipinski definition) is 5.